The highest BCUT2D eigenvalue weighted by Crippen LogP contribution is 2.32. The van der Waals surface area contributed by atoms with E-state index in [1.54, 1.807) is 25.5 Å². The van der Waals surface area contributed by atoms with E-state index in [0.717, 1.165) is 22.1 Å². The van der Waals surface area contributed by atoms with Crippen molar-refractivity contribution in [1.82, 2.24) is 14.9 Å². The summed E-state index contributed by atoms with van der Waals surface area (Å²) in [5, 5.41) is 2.56. The highest BCUT2D eigenvalue weighted by molar-refractivity contribution is 7.13. The van der Waals surface area contributed by atoms with Crippen LogP contribution in [0.5, 0.6) is 5.75 Å². The molecule has 1 saturated heterocycles. The molecular weight excluding hydrogens is 428 g/mol. The fraction of sp³-hybridized carbons (Fsp3) is 0.304. The minimum Gasteiger partial charge on any atom is -0.496 e. The number of rotatable bonds is 6. The zero-order valence-corrected chi connectivity index (χ0v) is 18.8. The number of carbonyl (C=O) groups excluding carboxylic acids is 2. The molecule has 9 heteroatoms. The number of hydrogen-bond acceptors (Lipinski definition) is 8. The number of piperazine rings is 1. The summed E-state index contributed by atoms with van der Waals surface area (Å²) in [6.07, 6.45) is 1.53. The first kappa shape index (κ1) is 21.8. The molecule has 3 aromatic rings. The average Bonchev–Trinajstić information content (AvgIpc) is 3.34. The number of nitrogens with zero attached hydrogens (tertiary/aromatic N) is 4. The van der Waals surface area contributed by atoms with E-state index in [4.69, 9.17) is 9.47 Å². The molecule has 0 unspecified atom stereocenters. The van der Waals surface area contributed by atoms with Gasteiger partial charge in [0.15, 0.2) is 0 Å². The van der Waals surface area contributed by atoms with Crippen LogP contribution in [0, 0.1) is 0 Å². The number of thiazole rings is 1. The maximum absolute atomic E-state index is 13.0. The fourth-order valence-electron chi connectivity index (χ4n) is 3.53. The summed E-state index contributed by atoms with van der Waals surface area (Å²) in [4.78, 5) is 37.6. The number of para-hydroxylation sites is 1. The molecule has 2 aromatic heterocycles. The van der Waals surface area contributed by atoms with Gasteiger partial charge in [-0.25, -0.2) is 14.8 Å². The number of hydrogen-bond donors (Lipinski definition) is 0. The molecule has 0 spiro atoms. The van der Waals surface area contributed by atoms with Crippen LogP contribution in [-0.4, -0.2) is 66.6 Å². The lowest BCUT2D eigenvalue weighted by Gasteiger charge is -2.35. The van der Waals surface area contributed by atoms with Gasteiger partial charge in [0.1, 0.15) is 22.3 Å². The monoisotopic (exact) mass is 452 g/mol. The first-order valence-corrected chi connectivity index (χ1v) is 11.2. The zero-order chi connectivity index (χ0) is 22.5. The Hall–Kier alpha value is -3.46. The average molecular weight is 453 g/mol. The van der Waals surface area contributed by atoms with Crippen molar-refractivity contribution in [3.8, 4) is 16.3 Å². The molecule has 0 N–H and O–H groups in total. The predicted molar refractivity (Wildman–Crippen MR) is 122 cm³/mol. The third-order valence-electron chi connectivity index (χ3n) is 5.21. The number of anilines is 1. The van der Waals surface area contributed by atoms with E-state index in [-0.39, 0.29) is 11.9 Å². The van der Waals surface area contributed by atoms with Crippen molar-refractivity contribution < 1.29 is 19.1 Å². The number of ether oxygens (including phenoxy) is 2. The van der Waals surface area contributed by atoms with E-state index in [1.807, 2.05) is 35.2 Å². The van der Waals surface area contributed by atoms with Crippen LogP contribution in [0.1, 0.15) is 27.8 Å². The molecule has 1 aromatic carbocycles. The van der Waals surface area contributed by atoms with Crippen LogP contribution in [0.25, 0.3) is 10.6 Å². The molecular formula is C23H24N4O4S. The first-order chi connectivity index (χ1) is 15.6. The Morgan fingerprint density at radius 3 is 2.56 bits per heavy atom. The summed E-state index contributed by atoms with van der Waals surface area (Å²) >= 11 is 1.43. The second-order valence-electron chi connectivity index (χ2n) is 7.14. The van der Waals surface area contributed by atoms with Crippen LogP contribution in [0.3, 0.4) is 0 Å². The molecule has 3 heterocycles. The standard InChI is InChI=1S/C23H24N4O4S/c1-3-31-23(29)16-8-9-20(24-14-16)26-10-12-27(13-11-26)22(28)18-15-32-21(25-18)17-6-4-5-7-19(17)30-2/h4-9,14-15H,3,10-13H2,1-2H3. The van der Waals surface area contributed by atoms with E-state index in [1.165, 1.54) is 17.5 Å². The minimum absolute atomic E-state index is 0.0762. The third-order valence-corrected chi connectivity index (χ3v) is 6.09. The van der Waals surface area contributed by atoms with Crippen LogP contribution in [0.15, 0.2) is 48.0 Å². The largest absolute Gasteiger partial charge is 0.496 e. The highest BCUT2D eigenvalue weighted by Gasteiger charge is 2.25. The Bertz CT molecular complexity index is 1090. The number of methoxy groups -OCH3 is 1. The van der Waals surface area contributed by atoms with Gasteiger partial charge in [-0.3, -0.25) is 4.79 Å². The van der Waals surface area contributed by atoms with Crippen molar-refractivity contribution in [3.63, 3.8) is 0 Å². The second kappa shape index (κ2) is 9.78. The Labute approximate surface area is 190 Å². The number of carbonyl (C=O) groups is 2. The molecule has 0 atom stereocenters. The van der Waals surface area contributed by atoms with Crippen LogP contribution in [0.2, 0.25) is 0 Å². The normalized spacial score (nSPS) is 13.7. The van der Waals surface area contributed by atoms with Crippen molar-refractivity contribution >= 4 is 29.0 Å². The number of esters is 1. The summed E-state index contributed by atoms with van der Waals surface area (Å²) in [6, 6.07) is 11.2. The zero-order valence-electron chi connectivity index (χ0n) is 18.0. The van der Waals surface area contributed by atoms with Gasteiger partial charge in [0.05, 0.1) is 24.8 Å². The summed E-state index contributed by atoms with van der Waals surface area (Å²) in [6.45, 7) is 4.55. The summed E-state index contributed by atoms with van der Waals surface area (Å²) < 4.78 is 10.4. The van der Waals surface area contributed by atoms with Gasteiger partial charge < -0.3 is 19.3 Å². The van der Waals surface area contributed by atoms with Crippen LogP contribution >= 0.6 is 11.3 Å². The molecule has 8 nitrogen and oxygen atoms in total. The molecule has 0 radical (unpaired) electrons. The molecule has 0 aliphatic carbocycles. The van der Waals surface area contributed by atoms with Gasteiger partial charge in [0.2, 0.25) is 0 Å². The van der Waals surface area contributed by atoms with E-state index in [2.05, 4.69) is 14.9 Å². The summed E-state index contributed by atoms with van der Waals surface area (Å²) in [7, 11) is 1.62. The van der Waals surface area contributed by atoms with Crippen molar-refractivity contribution in [3.05, 3.63) is 59.2 Å². The molecule has 0 saturated carbocycles. The van der Waals surface area contributed by atoms with Gasteiger partial charge in [-0.05, 0) is 31.2 Å². The molecule has 32 heavy (non-hydrogen) atoms. The molecule has 0 bridgehead atoms. The number of amides is 1. The number of benzene rings is 1. The number of aromatic nitrogens is 2. The van der Waals surface area contributed by atoms with Crippen LogP contribution in [0.4, 0.5) is 5.82 Å². The summed E-state index contributed by atoms with van der Waals surface area (Å²) in [5.41, 5.74) is 1.75. The van der Waals surface area contributed by atoms with Gasteiger partial charge in [0.25, 0.3) is 5.91 Å². The molecule has 166 valence electrons. The lowest BCUT2D eigenvalue weighted by atomic mass is 10.2. The molecule has 1 fully saturated rings. The topological polar surface area (TPSA) is 84.9 Å². The van der Waals surface area contributed by atoms with E-state index >= 15 is 0 Å². The smallest absolute Gasteiger partial charge is 0.339 e. The van der Waals surface area contributed by atoms with Crippen LogP contribution in [-0.2, 0) is 4.74 Å². The quantitative estimate of drug-likeness (QED) is 0.530. The Morgan fingerprint density at radius 1 is 1.09 bits per heavy atom. The molecule has 4 rings (SSSR count). The molecule has 1 amide bonds. The van der Waals surface area contributed by atoms with Crippen molar-refractivity contribution in [2.45, 2.75) is 6.92 Å². The van der Waals surface area contributed by atoms with Crippen molar-refractivity contribution in [1.29, 1.82) is 0 Å². The Kier molecular flexibility index (Phi) is 6.65. The third kappa shape index (κ3) is 4.57. The van der Waals surface area contributed by atoms with E-state index < -0.39 is 0 Å². The minimum atomic E-state index is -0.377. The maximum Gasteiger partial charge on any atom is 0.339 e. The SMILES string of the molecule is CCOC(=O)c1ccc(N2CCN(C(=O)c3csc(-c4ccccc4OC)n3)CC2)nc1. The number of pyridine rings is 1. The van der Waals surface area contributed by atoms with Gasteiger partial charge in [-0.2, -0.15) is 0 Å². The second-order valence-corrected chi connectivity index (χ2v) is 8.00. The maximum atomic E-state index is 13.0. The van der Waals surface area contributed by atoms with Crippen LogP contribution < -0.4 is 9.64 Å². The van der Waals surface area contributed by atoms with E-state index in [9.17, 15) is 9.59 Å². The molecule has 1 aliphatic heterocycles. The highest BCUT2D eigenvalue weighted by atomic mass is 32.1. The van der Waals surface area contributed by atoms with Gasteiger partial charge >= 0.3 is 5.97 Å². The van der Waals surface area contributed by atoms with Gasteiger partial charge in [-0.15, -0.1) is 11.3 Å². The fourth-order valence-corrected chi connectivity index (χ4v) is 4.35. The Morgan fingerprint density at radius 2 is 1.88 bits per heavy atom. The lowest BCUT2D eigenvalue weighted by Crippen LogP contribution is -2.49. The van der Waals surface area contributed by atoms with Gasteiger partial charge in [-0.1, -0.05) is 12.1 Å². The first-order valence-electron chi connectivity index (χ1n) is 10.4. The van der Waals surface area contributed by atoms with Gasteiger partial charge in [0, 0.05) is 37.8 Å². The van der Waals surface area contributed by atoms with Crippen molar-refractivity contribution in [2.75, 3.05) is 44.8 Å². The predicted octanol–water partition coefficient (Wildman–Crippen LogP) is 3.35. The molecule has 1 aliphatic rings. The summed E-state index contributed by atoms with van der Waals surface area (Å²) in [5.74, 6) is 1.05. The Balaban J connectivity index is 1.38. The van der Waals surface area contributed by atoms with E-state index in [0.29, 0.717) is 44.0 Å². The van der Waals surface area contributed by atoms with Crippen molar-refractivity contribution in [2.24, 2.45) is 0 Å². The lowest BCUT2D eigenvalue weighted by molar-refractivity contribution is 0.0525.